The lowest BCUT2D eigenvalue weighted by Crippen LogP contribution is -2.54. The van der Waals surface area contributed by atoms with Crippen LogP contribution >= 0.6 is 0 Å². The van der Waals surface area contributed by atoms with Gasteiger partial charge in [-0.3, -0.25) is 9.89 Å². The maximum Gasteiger partial charge on any atom is 0.245 e. The summed E-state index contributed by atoms with van der Waals surface area (Å²) in [6.45, 7) is 8.07. The molecule has 2 fully saturated rings. The lowest BCUT2D eigenvalue weighted by atomic mass is 9.69. The summed E-state index contributed by atoms with van der Waals surface area (Å²) in [6.07, 6.45) is 5.95. The van der Waals surface area contributed by atoms with E-state index in [1.807, 2.05) is 6.07 Å². The van der Waals surface area contributed by atoms with Crippen LogP contribution in [0.2, 0.25) is 0 Å². The number of aromatic nitrogens is 2. The van der Waals surface area contributed by atoms with Gasteiger partial charge in [0.2, 0.25) is 5.91 Å². The van der Waals surface area contributed by atoms with Crippen LogP contribution in [0.1, 0.15) is 70.9 Å². The van der Waals surface area contributed by atoms with E-state index in [9.17, 15) is 4.79 Å². The first kappa shape index (κ1) is 18.4. The summed E-state index contributed by atoms with van der Waals surface area (Å²) in [5.41, 5.74) is 6.89. The Morgan fingerprint density at radius 2 is 1.92 bits per heavy atom. The zero-order chi connectivity index (χ0) is 18.1. The normalized spacial score (nSPS) is 27.0. The van der Waals surface area contributed by atoms with E-state index in [0.717, 1.165) is 11.6 Å². The highest BCUT2D eigenvalue weighted by Crippen LogP contribution is 2.43. The van der Waals surface area contributed by atoms with Crippen molar-refractivity contribution in [2.75, 3.05) is 18.5 Å². The number of amides is 1. The van der Waals surface area contributed by atoms with Crippen LogP contribution in [0.5, 0.6) is 0 Å². The Morgan fingerprint density at radius 1 is 1.28 bits per heavy atom. The van der Waals surface area contributed by atoms with Gasteiger partial charge >= 0.3 is 0 Å². The molecule has 0 spiro atoms. The molecule has 1 aromatic heterocycles. The van der Waals surface area contributed by atoms with Gasteiger partial charge in [0, 0.05) is 30.9 Å². The Balaban J connectivity index is 1.57. The van der Waals surface area contributed by atoms with Gasteiger partial charge in [0.15, 0.2) is 5.82 Å². The van der Waals surface area contributed by atoms with Crippen molar-refractivity contribution in [2.24, 2.45) is 17.1 Å². The quantitative estimate of drug-likeness (QED) is 0.782. The second kappa shape index (κ2) is 7.08. The summed E-state index contributed by atoms with van der Waals surface area (Å²) in [7, 11) is 0. The molecule has 2 heterocycles. The molecule has 25 heavy (non-hydrogen) atoms. The van der Waals surface area contributed by atoms with Crippen LogP contribution in [0.25, 0.3) is 0 Å². The Hall–Kier alpha value is -1.40. The third-order valence-corrected chi connectivity index (χ3v) is 6.07. The lowest BCUT2D eigenvalue weighted by Gasteiger charge is -2.36. The topological polar surface area (TPSA) is 93.0 Å². The number of aromatic amines is 1. The second-order valence-electron chi connectivity index (χ2n) is 8.85. The highest BCUT2D eigenvalue weighted by atomic mass is 16.5. The van der Waals surface area contributed by atoms with Crippen molar-refractivity contribution >= 4 is 11.7 Å². The van der Waals surface area contributed by atoms with Gasteiger partial charge in [-0.15, -0.1) is 0 Å². The summed E-state index contributed by atoms with van der Waals surface area (Å²) in [5, 5.41) is 10.3. The SMILES string of the molecule is CC(C)(C)C1CCC(c2cc(NC(=O)C3(N)CCOCC3)n[nH]2)CC1. The van der Waals surface area contributed by atoms with E-state index in [1.165, 1.54) is 25.7 Å². The molecule has 6 nitrogen and oxygen atoms in total. The van der Waals surface area contributed by atoms with Crippen molar-refractivity contribution in [2.45, 2.75) is 70.8 Å². The predicted molar refractivity (Wildman–Crippen MR) is 98.3 cm³/mol. The Kier molecular flexibility index (Phi) is 5.21. The minimum atomic E-state index is -0.845. The van der Waals surface area contributed by atoms with Crippen molar-refractivity contribution < 1.29 is 9.53 Å². The molecule has 0 radical (unpaired) electrons. The number of nitrogens with zero attached hydrogens (tertiary/aromatic N) is 1. The molecular formula is C19H32N4O2. The van der Waals surface area contributed by atoms with Gasteiger partial charge in [0.05, 0.1) is 0 Å². The summed E-state index contributed by atoms with van der Waals surface area (Å²) in [6, 6.07) is 1.97. The van der Waals surface area contributed by atoms with E-state index in [-0.39, 0.29) is 5.91 Å². The number of hydrogen-bond donors (Lipinski definition) is 3. The van der Waals surface area contributed by atoms with Gasteiger partial charge in [0.25, 0.3) is 0 Å². The van der Waals surface area contributed by atoms with Gasteiger partial charge in [-0.2, -0.15) is 5.10 Å². The number of anilines is 1. The van der Waals surface area contributed by atoms with Crippen molar-refractivity contribution in [3.05, 3.63) is 11.8 Å². The van der Waals surface area contributed by atoms with Crippen molar-refractivity contribution in [1.82, 2.24) is 10.2 Å². The second-order valence-corrected chi connectivity index (χ2v) is 8.85. The van der Waals surface area contributed by atoms with Crippen molar-refractivity contribution in [3.63, 3.8) is 0 Å². The van der Waals surface area contributed by atoms with Crippen LogP contribution < -0.4 is 11.1 Å². The van der Waals surface area contributed by atoms with Gasteiger partial charge in [-0.25, -0.2) is 0 Å². The van der Waals surface area contributed by atoms with E-state index in [0.29, 0.717) is 43.2 Å². The molecule has 0 atom stereocenters. The fourth-order valence-electron chi connectivity index (χ4n) is 4.08. The van der Waals surface area contributed by atoms with Crippen LogP contribution in [0.4, 0.5) is 5.82 Å². The Bertz CT molecular complexity index is 591. The van der Waals surface area contributed by atoms with Crippen LogP contribution in [-0.2, 0) is 9.53 Å². The standard InChI is InChI=1S/C19H32N4O2/c1-18(2,3)14-6-4-13(5-7-14)15-12-16(23-22-15)21-17(24)19(20)8-10-25-11-9-19/h12-14H,4-11,20H2,1-3H3,(H2,21,22,23,24). The number of carbonyl (C=O) groups excluding carboxylic acids is 1. The largest absolute Gasteiger partial charge is 0.381 e. The first-order valence-corrected chi connectivity index (χ1v) is 9.51. The molecule has 1 saturated carbocycles. The van der Waals surface area contributed by atoms with Crippen molar-refractivity contribution in [1.29, 1.82) is 0 Å². The van der Waals surface area contributed by atoms with Gasteiger partial charge in [-0.05, 0) is 49.9 Å². The fourth-order valence-corrected chi connectivity index (χ4v) is 4.08. The molecule has 3 rings (SSSR count). The third kappa shape index (κ3) is 4.23. The fraction of sp³-hybridized carbons (Fsp3) is 0.789. The maximum atomic E-state index is 12.5. The van der Waals surface area contributed by atoms with E-state index >= 15 is 0 Å². The first-order valence-electron chi connectivity index (χ1n) is 9.51. The highest BCUT2D eigenvalue weighted by Gasteiger charge is 2.36. The van der Waals surface area contributed by atoms with E-state index in [1.54, 1.807) is 0 Å². The number of carbonyl (C=O) groups is 1. The molecule has 140 valence electrons. The van der Waals surface area contributed by atoms with Gasteiger partial charge in [0.1, 0.15) is 5.54 Å². The molecule has 1 amide bonds. The summed E-state index contributed by atoms with van der Waals surface area (Å²) in [5.74, 6) is 1.71. The molecule has 4 N–H and O–H groups in total. The average Bonchev–Trinajstić information content (AvgIpc) is 3.03. The molecule has 0 bridgehead atoms. The average molecular weight is 348 g/mol. The zero-order valence-electron chi connectivity index (χ0n) is 15.7. The smallest absolute Gasteiger partial charge is 0.245 e. The number of nitrogens with one attached hydrogen (secondary N) is 2. The van der Waals surface area contributed by atoms with E-state index in [4.69, 9.17) is 10.5 Å². The monoisotopic (exact) mass is 348 g/mol. The molecular weight excluding hydrogens is 316 g/mol. The van der Waals surface area contributed by atoms with Crippen LogP contribution in [0, 0.1) is 11.3 Å². The van der Waals surface area contributed by atoms with Gasteiger partial charge in [-0.1, -0.05) is 20.8 Å². The number of H-pyrrole nitrogens is 1. The number of rotatable bonds is 3. The Morgan fingerprint density at radius 3 is 2.52 bits per heavy atom. The zero-order valence-corrected chi connectivity index (χ0v) is 15.7. The number of hydrogen-bond acceptors (Lipinski definition) is 4. The molecule has 0 aromatic carbocycles. The van der Waals surface area contributed by atoms with Gasteiger partial charge < -0.3 is 15.8 Å². The van der Waals surface area contributed by atoms with Crippen LogP contribution in [0.15, 0.2) is 6.07 Å². The summed E-state index contributed by atoms with van der Waals surface area (Å²) in [4.78, 5) is 12.5. The predicted octanol–water partition coefficient (Wildman–Crippen LogP) is 3.18. The number of ether oxygens (including phenoxy) is 1. The van der Waals surface area contributed by atoms with Crippen molar-refractivity contribution in [3.8, 4) is 0 Å². The van der Waals surface area contributed by atoms with E-state index in [2.05, 4.69) is 36.3 Å². The molecule has 6 heteroatoms. The first-order chi connectivity index (χ1) is 11.8. The molecule has 1 aliphatic carbocycles. The molecule has 1 aromatic rings. The Labute approximate surface area is 150 Å². The lowest BCUT2D eigenvalue weighted by molar-refractivity contribution is -0.124. The molecule has 1 saturated heterocycles. The minimum absolute atomic E-state index is 0.162. The van der Waals surface area contributed by atoms with E-state index < -0.39 is 5.54 Å². The summed E-state index contributed by atoms with van der Waals surface area (Å²) < 4.78 is 5.30. The maximum absolute atomic E-state index is 12.5. The molecule has 0 unspecified atom stereocenters. The number of nitrogens with two attached hydrogens (primary N) is 1. The minimum Gasteiger partial charge on any atom is -0.381 e. The molecule has 1 aliphatic heterocycles. The summed E-state index contributed by atoms with van der Waals surface area (Å²) >= 11 is 0. The highest BCUT2D eigenvalue weighted by molar-refractivity contribution is 5.97. The van der Waals surface area contributed by atoms with Crippen LogP contribution in [0.3, 0.4) is 0 Å². The molecule has 2 aliphatic rings. The van der Waals surface area contributed by atoms with Crippen LogP contribution in [-0.4, -0.2) is 34.9 Å². The third-order valence-electron chi connectivity index (χ3n) is 6.07.